The Labute approximate surface area is 106 Å². The first-order valence-corrected chi connectivity index (χ1v) is 6.09. The van der Waals surface area contributed by atoms with Gasteiger partial charge in [-0.15, -0.1) is 0 Å². The minimum atomic E-state index is -0.853. The summed E-state index contributed by atoms with van der Waals surface area (Å²) in [6, 6.07) is 7.62. The minimum Gasteiger partial charge on any atom is -0.345 e. The Balaban J connectivity index is 2.18. The molecule has 1 aliphatic rings. The van der Waals surface area contributed by atoms with Gasteiger partial charge in [0.2, 0.25) is 5.91 Å². The SMILES string of the molecule is CC(C)(N)C(=O)NC1(c2cccc(Cl)c2)CC1. The van der Waals surface area contributed by atoms with Gasteiger partial charge in [0.05, 0.1) is 11.1 Å². The average molecular weight is 253 g/mol. The summed E-state index contributed by atoms with van der Waals surface area (Å²) < 4.78 is 0. The lowest BCUT2D eigenvalue weighted by molar-refractivity contribution is -0.126. The molecule has 1 saturated carbocycles. The Hall–Kier alpha value is -1.06. The number of amides is 1. The third-order valence-corrected chi connectivity index (χ3v) is 3.30. The van der Waals surface area contributed by atoms with Crippen LogP contribution in [-0.4, -0.2) is 11.4 Å². The fourth-order valence-corrected chi connectivity index (χ4v) is 1.97. The van der Waals surface area contributed by atoms with Gasteiger partial charge in [-0.2, -0.15) is 0 Å². The van der Waals surface area contributed by atoms with Crippen LogP contribution in [0, 0.1) is 0 Å². The maximum Gasteiger partial charge on any atom is 0.240 e. The van der Waals surface area contributed by atoms with Crippen molar-refractivity contribution in [3.05, 3.63) is 34.9 Å². The predicted octanol–water partition coefficient (Wildman–Crippen LogP) is 2.18. The molecule has 0 heterocycles. The topological polar surface area (TPSA) is 55.1 Å². The zero-order valence-electron chi connectivity index (χ0n) is 10.1. The van der Waals surface area contributed by atoms with Crippen LogP contribution in [0.4, 0.5) is 0 Å². The molecule has 1 aliphatic carbocycles. The van der Waals surface area contributed by atoms with Crippen LogP contribution in [-0.2, 0) is 10.3 Å². The van der Waals surface area contributed by atoms with E-state index >= 15 is 0 Å². The molecule has 1 amide bonds. The summed E-state index contributed by atoms with van der Waals surface area (Å²) in [5, 5.41) is 3.72. The molecular formula is C13H17ClN2O. The maximum absolute atomic E-state index is 11.9. The predicted molar refractivity (Wildman–Crippen MR) is 68.8 cm³/mol. The Morgan fingerprint density at radius 3 is 2.59 bits per heavy atom. The van der Waals surface area contributed by atoms with Crippen molar-refractivity contribution in [2.75, 3.05) is 0 Å². The molecule has 2 rings (SSSR count). The molecule has 1 aromatic rings. The van der Waals surface area contributed by atoms with Crippen molar-refractivity contribution in [3.63, 3.8) is 0 Å². The Kier molecular flexibility index (Phi) is 2.92. The van der Waals surface area contributed by atoms with Crippen molar-refractivity contribution < 1.29 is 4.79 Å². The van der Waals surface area contributed by atoms with E-state index in [0.717, 1.165) is 18.4 Å². The molecular weight excluding hydrogens is 236 g/mol. The molecule has 0 radical (unpaired) electrons. The Bertz CT molecular complexity index is 447. The second kappa shape index (κ2) is 4.00. The largest absolute Gasteiger partial charge is 0.345 e. The van der Waals surface area contributed by atoms with E-state index in [2.05, 4.69) is 5.32 Å². The number of hydrogen-bond acceptors (Lipinski definition) is 2. The quantitative estimate of drug-likeness (QED) is 0.866. The monoisotopic (exact) mass is 252 g/mol. The van der Waals surface area contributed by atoms with Crippen LogP contribution in [0.1, 0.15) is 32.3 Å². The van der Waals surface area contributed by atoms with E-state index < -0.39 is 5.54 Å². The van der Waals surface area contributed by atoms with Gasteiger partial charge >= 0.3 is 0 Å². The summed E-state index contributed by atoms with van der Waals surface area (Å²) in [5.74, 6) is -0.130. The first-order valence-electron chi connectivity index (χ1n) is 5.71. The van der Waals surface area contributed by atoms with Gasteiger partial charge in [0, 0.05) is 5.02 Å². The highest BCUT2D eigenvalue weighted by Crippen LogP contribution is 2.46. The van der Waals surface area contributed by atoms with Crippen LogP contribution in [0.15, 0.2) is 24.3 Å². The van der Waals surface area contributed by atoms with Gasteiger partial charge < -0.3 is 11.1 Å². The van der Waals surface area contributed by atoms with Gasteiger partial charge in [-0.1, -0.05) is 23.7 Å². The third kappa shape index (κ3) is 2.61. The van der Waals surface area contributed by atoms with E-state index in [4.69, 9.17) is 17.3 Å². The molecule has 0 atom stereocenters. The van der Waals surface area contributed by atoms with Crippen LogP contribution in [0.3, 0.4) is 0 Å². The van der Waals surface area contributed by atoms with E-state index in [-0.39, 0.29) is 11.4 Å². The van der Waals surface area contributed by atoms with Gasteiger partial charge in [-0.3, -0.25) is 4.79 Å². The van der Waals surface area contributed by atoms with Crippen molar-refractivity contribution in [3.8, 4) is 0 Å². The van der Waals surface area contributed by atoms with Crippen LogP contribution in [0.2, 0.25) is 5.02 Å². The molecule has 0 bridgehead atoms. The number of halogens is 1. The fraction of sp³-hybridized carbons (Fsp3) is 0.462. The molecule has 0 aliphatic heterocycles. The zero-order chi connectivity index (χ0) is 12.7. The van der Waals surface area contributed by atoms with Gasteiger partial charge in [0.15, 0.2) is 0 Å². The lowest BCUT2D eigenvalue weighted by Gasteiger charge is -2.24. The van der Waals surface area contributed by atoms with Crippen molar-refractivity contribution in [1.29, 1.82) is 0 Å². The molecule has 0 saturated heterocycles. The third-order valence-electron chi connectivity index (χ3n) is 3.07. The highest BCUT2D eigenvalue weighted by atomic mass is 35.5. The number of nitrogens with one attached hydrogen (secondary N) is 1. The number of carbonyl (C=O) groups excluding carboxylic acids is 1. The van der Waals surface area contributed by atoms with E-state index in [0.29, 0.717) is 5.02 Å². The minimum absolute atomic E-state index is 0.130. The summed E-state index contributed by atoms with van der Waals surface area (Å²) >= 11 is 5.97. The second-order valence-electron chi connectivity index (χ2n) is 5.27. The maximum atomic E-state index is 11.9. The zero-order valence-corrected chi connectivity index (χ0v) is 10.8. The molecule has 0 unspecified atom stereocenters. The van der Waals surface area contributed by atoms with Gasteiger partial charge in [-0.05, 0) is 44.4 Å². The number of benzene rings is 1. The van der Waals surface area contributed by atoms with Crippen molar-refractivity contribution in [1.82, 2.24) is 5.32 Å². The first-order chi connectivity index (χ1) is 7.83. The highest BCUT2D eigenvalue weighted by molar-refractivity contribution is 6.30. The van der Waals surface area contributed by atoms with Gasteiger partial charge in [-0.25, -0.2) is 0 Å². The number of rotatable bonds is 3. The van der Waals surface area contributed by atoms with Gasteiger partial charge in [0.25, 0.3) is 0 Å². The molecule has 17 heavy (non-hydrogen) atoms. The first kappa shape index (κ1) is 12.4. The second-order valence-corrected chi connectivity index (χ2v) is 5.70. The van der Waals surface area contributed by atoms with Crippen molar-refractivity contribution >= 4 is 17.5 Å². The molecule has 3 N–H and O–H groups in total. The smallest absolute Gasteiger partial charge is 0.240 e. The average Bonchev–Trinajstić information content (AvgIpc) is 2.97. The molecule has 4 heteroatoms. The Morgan fingerprint density at radius 1 is 1.47 bits per heavy atom. The molecule has 1 fully saturated rings. The molecule has 0 aromatic heterocycles. The molecule has 0 spiro atoms. The summed E-state index contributed by atoms with van der Waals surface area (Å²) in [6.45, 7) is 3.41. The lowest BCUT2D eigenvalue weighted by Crippen LogP contribution is -2.52. The van der Waals surface area contributed by atoms with E-state index in [1.165, 1.54) is 0 Å². The highest BCUT2D eigenvalue weighted by Gasteiger charge is 2.47. The summed E-state index contributed by atoms with van der Waals surface area (Å²) in [7, 11) is 0. The van der Waals surface area contributed by atoms with Crippen molar-refractivity contribution in [2.45, 2.75) is 37.8 Å². The lowest BCUT2D eigenvalue weighted by atomic mass is 10.0. The normalized spacial score (nSPS) is 17.6. The van der Waals surface area contributed by atoms with Crippen LogP contribution in [0.25, 0.3) is 0 Å². The molecule has 3 nitrogen and oxygen atoms in total. The van der Waals surface area contributed by atoms with Crippen LogP contribution in [0.5, 0.6) is 0 Å². The number of carbonyl (C=O) groups is 1. The standard InChI is InChI=1S/C13H17ClN2O/c1-12(2,15)11(17)16-13(6-7-13)9-4-3-5-10(14)8-9/h3-5,8H,6-7,15H2,1-2H3,(H,16,17). The van der Waals surface area contributed by atoms with Crippen LogP contribution < -0.4 is 11.1 Å². The number of hydrogen-bond donors (Lipinski definition) is 2. The van der Waals surface area contributed by atoms with E-state index in [1.54, 1.807) is 13.8 Å². The van der Waals surface area contributed by atoms with E-state index in [9.17, 15) is 4.79 Å². The summed E-state index contributed by atoms with van der Waals surface area (Å²) in [5.41, 5.74) is 5.74. The summed E-state index contributed by atoms with van der Waals surface area (Å²) in [4.78, 5) is 11.9. The van der Waals surface area contributed by atoms with Gasteiger partial charge in [0.1, 0.15) is 0 Å². The fourth-order valence-electron chi connectivity index (χ4n) is 1.78. The molecule has 92 valence electrons. The molecule has 1 aromatic carbocycles. The van der Waals surface area contributed by atoms with E-state index in [1.807, 2.05) is 24.3 Å². The van der Waals surface area contributed by atoms with Crippen molar-refractivity contribution in [2.24, 2.45) is 5.73 Å². The van der Waals surface area contributed by atoms with Crippen LogP contribution >= 0.6 is 11.6 Å². The summed E-state index contributed by atoms with van der Waals surface area (Å²) in [6.07, 6.45) is 1.88. The number of nitrogens with two attached hydrogens (primary N) is 1. The Morgan fingerprint density at radius 2 is 2.12 bits per heavy atom.